The summed E-state index contributed by atoms with van der Waals surface area (Å²) < 4.78 is 27.2. The number of amides is 2. The molecule has 7 nitrogen and oxygen atoms in total. The van der Waals surface area contributed by atoms with Crippen molar-refractivity contribution in [1.29, 1.82) is 0 Å². The number of carbonyl (C=O) groups is 2. The number of nitrogens with zero attached hydrogens (tertiary/aromatic N) is 2. The van der Waals surface area contributed by atoms with Crippen LogP contribution in [0.15, 0.2) is 46.9 Å². The van der Waals surface area contributed by atoms with Crippen molar-refractivity contribution < 1.29 is 18.0 Å². The Morgan fingerprint density at radius 2 is 1.79 bits per heavy atom. The predicted molar refractivity (Wildman–Crippen MR) is 140 cm³/mol. The third-order valence-corrected chi connectivity index (χ3v) is 7.06. The Bertz CT molecular complexity index is 1140. The number of aryl methyl sites for hydroxylation is 1. The van der Waals surface area contributed by atoms with E-state index in [1.54, 1.807) is 32.0 Å². The van der Waals surface area contributed by atoms with Crippen LogP contribution in [0.5, 0.6) is 0 Å². The molecule has 0 aromatic heterocycles. The van der Waals surface area contributed by atoms with E-state index >= 15 is 0 Å². The molecule has 0 bridgehead atoms. The van der Waals surface area contributed by atoms with Gasteiger partial charge < -0.3 is 10.2 Å². The van der Waals surface area contributed by atoms with Crippen LogP contribution in [0.25, 0.3) is 0 Å². The molecule has 10 heteroatoms. The van der Waals surface area contributed by atoms with Gasteiger partial charge in [-0.3, -0.25) is 13.9 Å². The molecule has 0 saturated carbocycles. The fourth-order valence-corrected chi connectivity index (χ4v) is 4.94. The highest BCUT2D eigenvalue weighted by Crippen LogP contribution is 2.26. The van der Waals surface area contributed by atoms with E-state index in [1.165, 1.54) is 4.90 Å². The Balaban J connectivity index is 2.40. The van der Waals surface area contributed by atoms with Crippen LogP contribution in [0.1, 0.15) is 31.9 Å². The number of hydrogen-bond acceptors (Lipinski definition) is 4. The molecule has 0 aliphatic rings. The van der Waals surface area contributed by atoms with Crippen molar-refractivity contribution in [2.45, 2.75) is 40.3 Å². The SMILES string of the molecule is Cc1cc(Cl)ccc1N(CC(=O)N(Cc1cccc(Br)c1)[C@@H](C)C(=O)NCC(C)C)S(C)(=O)=O. The summed E-state index contributed by atoms with van der Waals surface area (Å²) >= 11 is 9.46. The largest absolute Gasteiger partial charge is 0.354 e. The molecule has 0 spiro atoms. The van der Waals surface area contributed by atoms with E-state index < -0.39 is 28.5 Å². The lowest BCUT2D eigenvalue weighted by Gasteiger charge is -2.32. The molecule has 1 atom stereocenters. The van der Waals surface area contributed by atoms with E-state index in [-0.39, 0.29) is 18.4 Å². The molecule has 0 heterocycles. The second kappa shape index (κ2) is 12.0. The van der Waals surface area contributed by atoms with Crippen LogP contribution in [0.4, 0.5) is 5.69 Å². The maximum absolute atomic E-state index is 13.5. The van der Waals surface area contributed by atoms with E-state index in [0.29, 0.717) is 22.8 Å². The molecule has 34 heavy (non-hydrogen) atoms. The summed E-state index contributed by atoms with van der Waals surface area (Å²) in [5, 5.41) is 3.32. The van der Waals surface area contributed by atoms with Crippen LogP contribution in [0.2, 0.25) is 5.02 Å². The summed E-state index contributed by atoms with van der Waals surface area (Å²) in [5.74, 6) is -0.545. The topological polar surface area (TPSA) is 86.8 Å². The van der Waals surface area contributed by atoms with Gasteiger partial charge in [0, 0.05) is 22.6 Å². The molecular weight excluding hydrogens is 542 g/mol. The standard InChI is InChI=1S/C24H31BrClN3O4S/c1-16(2)13-27-24(31)18(4)28(14-19-7-6-8-20(25)12-19)23(30)15-29(34(5,32)33)22-10-9-21(26)11-17(22)3/h6-12,16,18H,13-15H2,1-5H3,(H,27,31)/t18-/m0/s1. The van der Waals surface area contributed by atoms with E-state index in [9.17, 15) is 18.0 Å². The van der Waals surface area contributed by atoms with Crippen molar-refractivity contribution in [3.05, 3.63) is 63.1 Å². The highest BCUT2D eigenvalue weighted by Gasteiger charge is 2.30. The van der Waals surface area contributed by atoms with E-state index in [1.807, 2.05) is 38.1 Å². The quantitative estimate of drug-likeness (QED) is 0.458. The Kier molecular flexibility index (Phi) is 9.96. The van der Waals surface area contributed by atoms with Gasteiger partial charge in [-0.15, -0.1) is 0 Å². The van der Waals surface area contributed by atoms with E-state index in [2.05, 4.69) is 21.2 Å². The third-order valence-electron chi connectivity index (χ3n) is 5.20. The van der Waals surface area contributed by atoms with Gasteiger partial charge in [-0.1, -0.05) is 53.5 Å². The summed E-state index contributed by atoms with van der Waals surface area (Å²) in [5.41, 5.74) is 1.78. The highest BCUT2D eigenvalue weighted by atomic mass is 79.9. The minimum absolute atomic E-state index is 0.145. The minimum Gasteiger partial charge on any atom is -0.354 e. The monoisotopic (exact) mass is 571 g/mol. The number of anilines is 1. The normalized spacial score (nSPS) is 12.4. The first-order chi connectivity index (χ1) is 15.8. The lowest BCUT2D eigenvalue weighted by Crippen LogP contribution is -2.51. The Hall–Kier alpha value is -2.10. The van der Waals surface area contributed by atoms with Crippen LogP contribution in [0.3, 0.4) is 0 Å². The summed E-state index contributed by atoms with van der Waals surface area (Å²) in [7, 11) is -3.79. The third kappa shape index (κ3) is 7.99. The zero-order valence-electron chi connectivity index (χ0n) is 20.0. The van der Waals surface area contributed by atoms with E-state index in [0.717, 1.165) is 20.6 Å². The first-order valence-electron chi connectivity index (χ1n) is 10.8. The van der Waals surface area contributed by atoms with Crippen LogP contribution in [-0.4, -0.2) is 50.5 Å². The number of hydrogen-bond donors (Lipinski definition) is 1. The molecular formula is C24H31BrClN3O4S. The molecule has 2 amide bonds. The molecule has 2 rings (SSSR count). The smallest absolute Gasteiger partial charge is 0.244 e. The molecule has 0 radical (unpaired) electrons. The Morgan fingerprint density at radius 1 is 1.12 bits per heavy atom. The van der Waals surface area contributed by atoms with Crippen molar-refractivity contribution in [2.24, 2.45) is 5.92 Å². The molecule has 2 aromatic rings. The van der Waals surface area contributed by atoms with Crippen LogP contribution in [0, 0.1) is 12.8 Å². The van der Waals surface area contributed by atoms with Gasteiger partial charge in [0.15, 0.2) is 0 Å². The molecule has 0 unspecified atom stereocenters. The number of halogens is 2. The van der Waals surface area contributed by atoms with Gasteiger partial charge in [-0.05, 0) is 61.2 Å². The average molecular weight is 573 g/mol. The molecule has 0 aliphatic heterocycles. The number of nitrogens with one attached hydrogen (secondary N) is 1. The van der Waals surface area contributed by atoms with Gasteiger partial charge in [0.05, 0.1) is 11.9 Å². The number of benzene rings is 2. The predicted octanol–water partition coefficient (Wildman–Crippen LogP) is 4.37. The van der Waals surface area contributed by atoms with Gasteiger partial charge in [0.2, 0.25) is 21.8 Å². The molecule has 0 aliphatic carbocycles. The van der Waals surface area contributed by atoms with Crippen molar-refractivity contribution >= 4 is 55.1 Å². The highest BCUT2D eigenvalue weighted by molar-refractivity contribution is 9.10. The second-order valence-corrected chi connectivity index (χ2v) is 11.9. The Labute approximate surface area is 215 Å². The lowest BCUT2D eigenvalue weighted by molar-refractivity contribution is -0.139. The fourth-order valence-electron chi connectivity index (χ4n) is 3.36. The second-order valence-electron chi connectivity index (χ2n) is 8.67. The number of sulfonamides is 1. The van der Waals surface area contributed by atoms with Crippen molar-refractivity contribution in [3.8, 4) is 0 Å². The van der Waals surface area contributed by atoms with Gasteiger partial charge in [-0.2, -0.15) is 0 Å². The maximum Gasteiger partial charge on any atom is 0.244 e. The van der Waals surface area contributed by atoms with Crippen molar-refractivity contribution in [1.82, 2.24) is 10.2 Å². The Morgan fingerprint density at radius 3 is 2.35 bits per heavy atom. The summed E-state index contributed by atoms with van der Waals surface area (Å²) in [4.78, 5) is 27.8. The minimum atomic E-state index is -3.79. The van der Waals surface area contributed by atoms with Crippen LogP contribution in [-0.2, 0) is 26.2 Å². The summed E-state index contributed by atoms with van der Waals surface area (Å²) in [6.45, 7) is 7.50. The van der Waals surface area contributed by atoms with Gasteiger partial charge in [-0.25, -0.2) is 8.42 Å². The van der Waals surface area contributed by atoms with Crippen LogP contribution < -0.4 is 9.62 Å². The molecule has 0 fully saturated rings. The summed E-state index contributed by atoms with van der Waals surface area (Å²) in [6, 6.07) is 11.4. The van der Waals surface area contributed by atoms with Gasteiger partial charge in [0.25, 0.3) is 0 Å². The van der Waals surface area contributed by atoms with E-state index in [4.69, 9.17) is 11.6 Å². The lowest BCUT2D eigenvalue weighted by atomic mass is 10.1. The zero-order valence-corrected chi connectivity index (χ0v) is 23.2. The molecule has 186 valence electrons. The van der Waals surface area contributed by atoms with Crippen LogP contribution >= 0.6 is 27.5 Å². The first kappa shape index (κ1) is 28.1. The maximum atomic E-state index is 13.5. The molecule has 0 saturated heterocycles. The van der Waals surface area contributed by atoms with Gasteiger partial charge in [0.1, 0.15) is 12.6 Å². The van der Waals surface area contributed by atoms with Crippen molar-refractivity contribution in [2.75, 3.05) is 23.7 Å². The first-order valence-corrected chi connectivity index (χ1v) is 13.9. The van der Waals surface area contributed by atoms with Gasteiger partial charge >= 0.3 is 0 Å². The van der Waals surface area contributed by atoms with Crippen molar-refractivity contribution in [3.63, 3.8) is 0 Å². The zero-order chi connectivity index (χ0) is 25.6. The molecule has 2 aromatic carbocycles. The molecule has 1 N–H and O–H groups in total. The fraction of sp³-hybridized carbons (Fsp3) is 0.417. The average Bonchev–Trinajstić information content (AvgIpc) is 2.73. The number of rotatable bonds is 10. The summed E-state index contributed by atoms with van der Waals surface area (Å²) in [6.07, 6.45) is 1.05. The number of carbonyl (C=O) groups excluding carboxylic acids is 2.